The Hall–Kier alpha value is -4.14. The number of hydrogen-bond acceptors (Lipinski definition) is 6. The fraction of sp³-hybridized carbons (Fsp3) is 0.192. The molecule has 6 nitrogen and oxygen atoms in total. The molecule has 0 saturated heterocycles. The lowest BCUT2D eigenvalue weighted by Crippen LogP contribution is -2.15. The van der Waals surface area contributed by atoms with Crippen LogP contribution in [0.4, 0.5) is 18.9 Å². The Bertz CT molecular complexity index is 1290. The Labute approximate surface area is 201 Å². The van der Waals surface area contributed by atoms with Gasteiger partial charge in [0, 0.05) is 40.7 Å². The molecule has 1 aromatic heterocycles. The fourth-order valence-corrected chi connectivity index (χ4v) is 3.42. The summed E-state index contributed by atoms with van der Waals surface area (Å²) in [4.78, 5) is 4.43. The van der Waals surface area contributed by atoms with Crippen molar-refractivity contribution < 1.29 is 17.7 Å². The number of halogens is 3. The number of nitrogens with one attached hydrogen (secondary N) is 1. The smallest absolute Gasteiger partial charge is 0.167 e. The molecule has 35 heavy (non-hydrogen) atoms. The second-order valence-electron chi connectivity index (χ2n) is 7.91. The summed E-state index contributed by atoms with van der Waals surface area (Å²) in [6.45, 7) is 6.03. The highest BCUT2D eigenvalue weighted by molar-refractivity contribution is 6.00. The van der Waals surface area contributed by atoms with Crippen LogP contribution in [0.15, 0.2) is 87.2 Å². The number of hydrogen-bond donors (Lipinski definition) is 1. The standard InChI is InChI=1S/C26H24F3N5O/c1-17-14-31-34(16-25(17)32-18(2)22-5-3-6-23(28)26(22)29)15-21-13-24(33-35-21)19-7-9-20(10-8-19)30-12-4-11-27/h3,5-10,13-14,16,30H,1,4,11-12,15H2,2H3. The summed E-state index contributed by atoms with van der Waals surface area (Å²) in [5.41, 5.74) is 3.85. The number of nitrogens with zero attached hydrogens (tertiary/aromatic N) is 4. The molecule has 2 aromatic carbocycles. The third kappa shape index (κ3) is 5.87. The van der Waals surface area contributed by atoms with Crippen LogP contribution in [0, 0.1) is 11.6 Å². The van der Waals surface area contributed by atoms with Gasteiger partial charge in [0.2, 0.25) is 0 Å². The maximum atomic E-state index is 14.1. The third-order valence-corrected chi connectivity index (χ3v) is 5.29. The summed E-state index contributed by atoms with van der Waals surface area (Å²) in [5.74, 6) is -1.30. The van der Waals surface area contributed by atoms with Crippen LogP contribution in [0.1, 0.15) is 24.7 Å². The highest BCUT2D eigenvalue weighted by Crippen LogP contribution is 2.24. The largest absolute Gasteiger partial charge is 0.385 e. The van der Waals surface area contributed by atoms with E-state index in [-0.39, 0.29) is 18.8 Å². The molecule has 4 rings (SSSR count). The van der Waals surface area contributed by atoms with Gasteiger partial charge in [-0.1, -0.05) is 29.9 Å². The first-order valence-electron chi connectivity index (χ1n) is 11.0. The Morgan fingerprint density at radius 2 is 1.97 bits per heavy atom. The summed E-state index contributed by atoms with van der Waals surface area (Å²) >= 11 is 0. The highest BCUT2D eigenvalue weighted by Gasteiger charge is 2.16. The Kier molecular flexibility index (Phi) is 7.45. The lowest BCUT2D eigenvalue weighted by Gasteiger charge is -2.18. The quantitative estimate of drug-likeness (QED) is 0.298. The zero-order chi connectivity index (χ0) is 24.8. The first kappa shape index (κ1) is 24.0. The molecule has 1 aliphatic rings. The van der Waals surface area contributed by atoms with Crippen LogP contribution in [0.25, 0.3) is 11.3 Å². The SMILES string of the molecule is C=C1C=NN(Cc2cc(-c3ccc(NCCCF)cc3)no2)C=C1N=C(C)c1cccc(F)c1F. The van der Waals surface area contributed by atoms with Gasteiger partial charge in [-0.2, -0.15) is 5.10 Å². The molecular formula is C26H24F3N5O. The van der Waals surface area contributed by atoms with Crippen molar-refractivity contribution in [3.05, 3.63) is 95.5 Å². The van der Waals surface area contributed by atoms with Crippen molar-refractivity contribution >= 4 is 17.6 Å². The number of aromatic nitrogens is 1. The molecule has 0 fully saturated rings. The Morgan fingerprint density at radius 1 is 1.17 bits per heavy atom. The van der Waals surface area contributed by atoms with E-state index in [1.807, 2.05) is 30.3 Å². The first-order valence-corrected chi connectivity index (χ1v) is 11.0. The van der Waals surface area contributed by atoms with Gasteiger partial charge in [-0.15, -0.1) is 0 Å². The number of allylic oxidation sites excluding steroid dienone is 1. The number of aliphatic imine (C=N–C) groups is 1. The maximum Gasteiger partial charge on any atom is 0.167 e. The summed E-state index contributed by atoms with van der Waals surface area (Å²) in [7, 11) is 0. The molecule has 0 spiro atoms. The normalized spacial score (nSPS) is 13.8. The van der Waals surface area contributed by atoms with Gasteiger partial charge in [0.1, 0.15) is 12.2 Å². The van der Waals surface area contributed by atoms with Crippen LogP contribution >= 0.6 is 0 Å². The van der Waals surface area contributed by atoms with Crippen LogP contribution in [-0.4, -0.2) is 35.3 Å². The second-order valence-corrected chi connectivity index (χ2v) is 7.91. The van der Waals surface area contributed by atoms with Gasteiger partial charge < -0.3 is 9.84 Å². The van der Waals surface area contributed by atoms with Crippen molar-refractivity contribution in [3.8, 4) is 11.3 Å². The van der Waals surface area contributed by atoms with Crippen LogP contribution in [0.5, 0.6) is 0 Å². The molecule has 9 heteroatoms. The van der Waals surface area contributed by atoms with E-state index in [9.17, 15) is 13.2 Å². The van der Waals surface area contributed by atoms with E-state index in [0.717, 1.165) is 17.3 Å². The Morgan fingerprint density at radius 3 is 2.74 bits per heavy atom. The number of rotatable bonds is 9. The van der Waals surface area contributed by atoms with Gasteiger partial charge >= 0.3 is 0 Å². The zero-order valence-corrected chi connectivity index (χ0v) is 19.1. The molecule has 180 valence electrons. The molecule has 0 radical (unpaired) electrons. The summed E-state index contributed by atoms with van der Waals surface area (Å²) in [6.07, 6.45) is 3.66. The molecule has 3 aromatic rings. The van der Waals surface area contributed by atoms with Crippen molar-refractivity contribution in [1.82, 2.24) is 10.2 Å². The zero-order valence-electron chi connectivity index (χ0n) is 19.1. The number of anilines is 1. The van der Waals surface area contributed by atoms with E-state index < -0.39 is 11.6 Å². The molecule has 0 atom stereocenters. The molecule has 2 heterocycles. The van der Waals surface area contributed by atoms with Crippen LogP contribution < -0.4 is 5.32 Å². The van der Waals surface area contributed by atoms with Gasteiger partial charge in [0.15, 0.2) is 17.4 Å². The lowest BCUT2D eigenvalue weighted by molar-refractivity contribution is 0.305. The number of benzene rings is 2. The van der Waals surface area contributed by atoms with E-state index in [1.54, 1.807) is 24.3 Å². The molecule has 0 aliphatic carbocycles. The van der Waals surface area contributed by atoms with Crippen LogP contribution in [0.3, 0.4) is 0 Å². The highest BCUT2D eigenvalue weighted by atomic mass is 19.2. The topological polar surface area (TPSA) is 66.0 Å². The average Bonchev–Trinajstić information content (AvgIpc) is 3.32. The Balaban J connectivity index is 1.45. The van der Waals surface area contributed by atoms with Crippen LogP contribution in [0.2, 0.25) is 0 Å². The minimum Gasteiger partial charge on any atom is -0.385 e. The van der Waals surface area contributed by atoms with Crippen molar-refractivity contribution in [3.63, 3.8) is 0 Å². The molecule has 0 saturated carbocycles. The molecule has 1 N–H and O–H groups in total. The maximum absolute atomic E-state index is 14.1. The van der Waals surface area contributed by atoms with Crippen LogP contribution in [-0.2, 0) is 6.54 Å². The monoisotopic (exact) mass is 479 g/mol. The van der Waals surface area contributed by atoms with Gasteiger partial charge in [-0.05, 0) is 37.6 Å². The van der Waals surface area contributed by atoms with Crippen molar-refractivity contribution in [2.24, 2.45) is 10.1 Å². The predicted molar refractivity (Wildman–Crippen MR) is 131 cm³/mol. The predicted octanol–water partition coefficient (Wildman–Crippen LogP) is 6.10. The van der Waals surface area contributed by atoms with E-state index in [2.05, 4.69) is 27.1 Å². The van der Waals surface area contributed by atoms with Crippen molar-refractivity contribution in [2.75, 3.05) is 18.5 Å². The van der Waals surface area contributed by atoms with Gasteiger partial charge in [-0.3, -0.25) is 14.4 Å². The molecule has 0 unspecified atom stereocenters. The van der Waals surface area contributed by atoms with Crippen molar-refractivity contribution in [2.45, 2.75) is 19.9 Å². The van der Waals surface area contributed by atoms with Gasteiger partial charge in [-0.25, -0.2) is 8.78 Å². The van der Waals surface area contributed by atoms with E-state index in [1.165, 1.54) is 12.1 Å². The minimum absolute atomic E-state index is 0.0799. The number of hydrazone groups is 1. The average molecular weight is 480 g/mol. The fourth-order valence-electron chi connectivity index (χ4n) is 3.42. The summed E-state index contributed by atoms with van der Waals surface area (Å²) < 4.78 is 45.4. The third-order valence-electron chi connectivity index (χ3n) is 5.29. The van der Waals surface area contributed by atoms with Gasteiger partial charge in [0.25, 0.3) is 0 Å². The molecule has 1 aliphatic heterocycles. The summed E-state index contributed by atoms with van der Waals surface area (Å²) in [6, 6.07) is 13.4. The van der Waals surface area contributed by atoms with E-state index in [0.29, 0.717) is 41.4 Å². The van der Waals surface area contributed by atoms with E-state index in [4.69, 9.17) is 4.52 Å². The molecule has 0 bridgehead atoms. The lowest BCUT2D eigenvalue weighted by atomic mass is 10.1. The second kappa shape index (κ2) is 10.9. The first-order chi connectivity index (χ1) is 16.9. The summed E-state index contributed by atoms with van der Waals surface area (Å²) in [5, 5.41) is 13.2. The molecular weight excluding hydrogens is 455 g/mol. The van der Waals surface area contributed by atoms with Gasteiger partial charge in [0.05, 0.1) is 24.8 Å². The number of alkyl halides is 1. The van der Waals surface area contributed by atoms with E-state index >= 15 is 0 Å². The minimum atomic E-state index is -0.945. The van der Waals surface area contributed by atoms with Crippen molar-refractivity contribution in [1.29, 1.82) is 0 Å². The molecule has 0 amide bonds.